The normalized spacial score (nSPS) is 23.2. The zero-order chi connectivity index (χ0) is 17.5. The molecule has 2 aliphatic heterocycles. The summed E-state index contributed by atoms with van der Waals surface area (Å²) in [6, 6.07) is 10.7. The lowest BCUT2D eigenvalue weighted by atomic mass is 10.2. The third-order valence-corrected chi connectivity index (χ3v) is 6.43. The van der Waals surface area contributed by atoms with E-state index in [9.17, 15) is 4.21 Å². The fraction of sp³-hybridized carbons (Fsp3) is 0.632. The summed E-state index contributed by atoms with van der Waals surface area (Å²) in [6.07, 6.45) is 3.91. The van der Waals surface area contributed by atoms with E-state index in [1.807, 2.05) is 37.4 Å². The summed E-state index contributed by atoms with van der Waals surface area (Å²) >= 11 is 0. The van der Waals surface area contributed by atoms with Crippen molar-refractivity contribution in [3.63, 3.8) is 0 Å². The van der Waals surface area contributed by atoms with E-state index in [1.165, 1.54) is 32.4 Å². The molecule has 6 heteroatoms. The first-order valence-corrected chi connectivity index (χ1v) is 10.8. The van der Waals surface area contributed by atoms with Crippen LogP contribution in [-0.4, -0.2) is 71.5 Å². The van der Waals surface area contributed by atoms with Crippen molar-refractivity contribution in [2.24, 2.45) is 4.99 Å². The smallest absolute Gasteiger partial charge is 0.193 e. The van der Waals surface area contributed by atoms with Crippen LogP contribution in [0.25, 0.3) is 0 Å². The van der Waals surface area contributed by atoms with Gasteiger partial charge in [-0.05, 0) is 37.9 Å². The maximum Gasteiger partial charge on any atom is 0.193 e. The molecule has 138 valence electrons. The molecule has 2 unspecified atom stereocenters. The molecule has 1 N–H and O–H groups in total. The number of nitrogens with zero attached hydrogens (tertiary/aromatic N) is 3. The third kappa shape index (κ3) is 5.28. The topological polar surface area (TPSA) is 47.9 Å². The molecule has 5 nitrogen and oxygen atoms in total. The Balaban J connectivity index is 1.40. The number of hydrogen-bond donors (Lipinski definition) is 1. The van der Waals surface area contributed by atoms with Crippen molar-refractivity contribution in [1.29, 1.82) is 0 Å². The summed E-state index contributed by atoms with van der Waals surface area (Å²) < 4.78 is 12.2. The summed E-state index contributed by atoms with van der Waals surface area (Å²) in [5.74, 6) is 2.23. The van der Waals surface area contributed by atoms with Crippen LogP contribution in [-0.2, 0) is 16.6 Å². The van der Waals surface area contributed by atoms with Gasteiger partial charge in [0, 0.05) is 55.0 Å². The average Bonchev–Trinajstić information content (AvgIpc) is 3.31. The molecule has 0 radical (unpaired) electrons. The lowest BCUT2D eigenvalue weighted by molar-refractivity contribution is 0.249. The molecule has 2 aliphatic rings. The first-order valence-electron chi connectivity index (χ1n) is 9.35. The van der Waals surface area contributed by atoms with Crippen molar-refractivity contribution in [2.75, 3.05) is 45.5 Å². The zero-order valence-corrected chi connectivity index (χ0v) is 16.0. The van der Waals surface area contributed by atoms with E-state index in [0.29, 0.717) is 24.1 Å². The fourth-order valence-corrected chi connectivity index (χ4v) is 4.82. The van der Waals surface area contributed by atoms with Crippen molar-refractivity contribution < 1.29 is 4.21 Å². The summed E-state index contributed by atoms with van der Waals surface area (Å²) in [4.78, 5) is 9.40. The highest BCUT2D eigenvalue weighted by Crippen LogP contribution is 2.20. The molecule has 1 aromatic carbocycles. The average molecular weight is 363 g/mol. The van der Waals surface area contributed by atoms with Gasteiger partial charge in [-0.15, -0.1) is 0 Å². The molecule has 3 rings (SSSR count). The van der Waals surface area contributed by atoms with Crippen LogP contribution in [0.3, 0.4) is 0 Å². The minimum absolute atomic E-state index is 0.627. The molecule has 25 heavy (non-hydrogen) atoms. The zero-order valence-electron chi connectivity index (χ0n) is 15.2. The molecule has 0 saturated carbocycles. The lowest BCUT2D eigenvalue weighted by Crippen LogP contribution is -2.43. The number of likely N-dealkylation sites (tertiary alicyclic amines) is 2. The highest BCUT2D eigenvalue weighted by Gasteiger charge is 2.30. The minimum Gasteiger partial charge on any atom is -0.355 e. The van der Waals surface area contributed by atoms with Gasteiger partial charge in [0.1, 0.15) is 0 Å². The molecular formula is C19H30N4OS. The van der Waals surface area contributed by atoms with Gasteiger partial charge in [-0.1, -0.05) is 30.3 Å². The van der Waals surface area contributed by atoms with E-state index in [2.05, 4.69) is 20.1 Å². The Morgan fingerprint density at radius 3 is 2.72 bits per heavy atom. The highest BCUT2D eigenvalue weighted by atomic mass is 32.2. The molecule has 1 aromatic rings. The third-order valence-electron chi connectivity index (χ3n) is 5.12. The number of hydrogen-bond acceptors (Lipinski definition) is 3. The summed E-state index contributed by atoms with van der Waals surface area (Å²) in [7, 11) is 0.996. The Morgan fingerprint density at radius 2 is 2.00 bits per heavy atom. The van der Waals surface area contributed by atoms with Crippen LogP contribution < -0.4 is 5.32 Å². The maximum absolute atomic E-state index is 12.2. The SMILES string of the molecule is CN=C(NCCS(=O)Cc1ccccc1)N1CCC(N2CCCC2)C1. The van der Waals surface area contributed by atoms with Gasteiger partial charge in [-0.25, -0.2) is 0 Å². The van der Waals surface area contributed by atoms with E-state index in [1.54, 1.807) is 0 Å². The molecule has 2 atom stereocenters. The van der Waals surface area contributed by atoms with Crippen molar-refractivity contribution in [3.05, 3.63) is 35.9 Å². The molecule has 2 heterocycles. The monoisotopic (exact) mass is 362 g/mol. The van der Waals surface area contributed by atoms with E-state index in [4.69, 9.17) is 0 Å². The number of guanidine groups is 1. The number of nitrogens with one attached hydrogen (secondary N) is 1. The van der Waals surface area contributed by atoms with Crippen LogP contribution in [0.5, 0.6) is 0 Å². The van der Waals surface area contributed by atoms with Crippen molar-refractivity contribution in [3.8, 4) is 0 Å². The molecule has 0 amide bonds. The molecule has 0 bridgehead atoms. The van der Waals surface area contributed by atoms with Crippen LogP contribution in [0.2, 0.25) is 0 Å². The van der Waals surface area contributed by atoms with Gasteiger partial charge in [-0.3, -0.25) is 14.1 Å². The quantitative estimate of drug-likeness (QED) is 0.618. The van der Waals surface area contributed by atoms with Crippen LogP contribution in [0.4, 0.5) is 0 Å². The standard InChI is InChI=1S/C19H30N4OS/c1-20-19(23-13-9-18(15-23)22-11-5-6-12-22)21-10-14-25(24)16-17-7-3-2-4-8-17/h2-4,7-8,18H,5-6,9-16H2,1H3,(H,20,21). The van der Waals surface area contributed by atoms with Gasteiger partial charge in [0.05, 0.1) is 0 Å². The summed E-state index contributed by atoms with van der Waals surface area (Å²) in [5.41, 5.74) is 1.14. The number of benzene rings is 1. The van der Waals surface area contributed by atoms with Gasteiger partial charge in [0.15, 0.2) is 5.96 Å². The van der Waals surface area contributed by atoms with Crippen molar-refractivity contribution in [2.45, 2.75) is 31.1 Å². The largest absolute Gasteiger partial charge is 0.355 e. The van der Waals surface area contributed by atoms with E-state index < -0.39 is 10.8 Å². The van der Waals surface area contributed by atoms with Crippen LogP contribution in [0.15, 0.2) is 35.3 Å². The van der Waals surface area contributed by atoms with Gasteiger partial charge < -0.3 is 10.2 Å². The van der Waals surface area contributed by atoms with Gasteiger partial charge >= 0.3 is 0 Å². The molecule has 0 spiro atoms. The number of rotatable bonds is 6. The molecule has 0 aromatic heterocycles. The Labute approximate surface area is 154 Å². The van der Waals surface area contributed by atoms with Crippen molar-refractivity contribution >= 4 is 16.8 Å². The second-order valence-electron chi connectivity index (χ2n) is 6.88. The first kappa shape index (κ1) is 18.4. The first-order chi connectivity index (χ1) is 12.3. The number of aliphatic imine (C=N–C) groups is 1. The van der Waals surface area contributed by atoms with Gasteiger partial charge in [0.2, 0.25) is 0 Å². The second kappa shape index (κ2) is 9.34. The Bertz CT molecular complexity index is 586. The highest BCUT2D eigenvalue weighted by molar-refractivity contribution is 7.84. The molecule has 2 fully saturated rings. The molecule has 2 saturated heterocycles. The second-order valence-corrected chi connectivity index (χ2v) is 8.46. The van der Waals surface area contributed by atoms with Gasteiger partial charge in [-0.2, -0.15) is 0 Å². The van der Waals surface area contributed by atoms with E-state index >= 15 is 0 Å². The Kier molecular flexibility index (Phi) is 6.87. The van der Waals surface area contributed by atoms with Gasteiger partial charge in [0.25, 0.3) is 0 Å². The predicted octanol–water partition coefficient (Wildman–Crippen LogP) is 1.68. The van der Waals surface area contributed by atoms with Crippen LogP contribution in [0, 0.1) is 0 Å². The lowest BCUT2D eigenvalue weighted by Gasteiger charge is -2.25. The Morgan fingerprint density at radius 1 is 1.24 bits per heavy atom. The minimum atomic E-state index is -0.844. The fourth-order valence-electron chi connectivity index (χ4n) is 3.78. The molecule has 0 aliphatic carbocycles. The summed E-state index contributed by atoms with van der Waals surface area (Å²) in [6.45, 7) is 5.34. The van der Waals surface area contributed by atoms with Crippen LogP contribution in [0.1, 0.15) is 24.8 Å². The molecular weight excluding hydrogens is 332 g/mol. The van der Waals surface area contributed by atoms with E-state index in [0.717, 1.165) is 24.6 Å². The predicted molar refractivity (Wildman–Crippen MR) is 105 cm³/mol. The summed E-state index contributed by atoms with van der Waals surface area (Å²) in [5, 5.41) is 3.40. The van der Waals surface area contributed by atoms with Crippen LogP contribution >= 0.6 is 0 Å². The maximum atomic E-state index is 12.2. The van der Waals surface area contributed by atoms with Crippen molar-refractivity contribution in [1.82, 2.24) is 15.1 Å². The van der Waals surface area contributed by atoms with E-state index in [-0.39, 0.29) is 0 Å². The Hall–Kier alpha value is -1.40.